The quantitative estimate of drug-likeness (QED) is 0.712. The van der Waals surface area contributed by atoms with Crippen LogP contribution < -0.4 is 16.1 Å². The van der Waals surface area contributed by atoms with Gasteiger partial charge in [0.2, 0.25) is 5.43 Å². The van der Waals surface area contributed by atoms with Crippen molar-refractivity contribution in [3.63, 3.8) is 0 Å². The minimum atomic E-state index is -0.853. The van der Waals surface area contributed by atoms with Crippen molar-refractivity contribution in [3.8, 4) is 5.75 Å². The zero-order chi connectivity index (χ0) is 21.3. The van der Waals surface area contributed by atoms with Gasteiger partial charge in [-0.15, -0.1) is 9.24 Å². The SMILES string of the molecule is CCN(C)C(=O)c1c(O)c(=O)c(C(=O)NCc2ccc(F)cc2P)c2n1CCC2. The molecule has 1 aromatic heterocycles. The van der Waals surface area contributed by atoms with Gasteiger partial charge in [0.25, 0.3) is 11.8 Å². The van der Waals surface area contributed by atoms with E-state index in [-0.39, 0.29) is 23.6 Å². The number of carbonyl (C=O) groups is 2. The number of pyridine rings is 1. The molecule has 0 fully saturated rings. The molecule has 2 aromatic rings. The highest BCUT2D eigenvalue weighted by Crippen LogP contribution is 2.25. The smallest absolute Gasteiger partial charge is 0.274 e. The Kier molecular flexibility index (Phi) is 6.03. The highest BCUT2D eigenvalue weighted by atomic mass is 31.0. The maximum atomic E-state index is 13.2. The molecule has 9 heteroatoms. The van der Waals surface area contributed by atoms with Gasteiger partial charge in [-0.25, -0.2) is 4.39 Å². The molecular formula is C20H23FN3O4P. The molecule has 1 aliphatic rings. The van der Waals surface area contributed by atoms with Gasteiger partial charge < -0.3 is 19.9 Å². The van der Waals surface area contributed by atoms with Gasteiger partial charge >= 0.3 is 0 Å². The van der Waals surface area contributed by atoms with Crippen LogP contribution in [0.15, 0.2) is 23.0 Å². The fourth-order valence-corrected chi connectivity index (χ4v) is 3.79. The zero-order valence-corrected chi connectivity index (χ0v) is 17.4. The third-order valence-corrected chi connectivity index (χ3v) is 5.68. The fraction of sp³-hybridized carbons (Fsp3) is 0.350. The van der Waals surface area contributed by atoms with Crippen LogP contribution in [0.3, 0.4) is 0 Å². The molecular weight excluding hydrogens is 396 g/mol. The summed E-state index contributed by atoms with van der Waals surface area (Å²) in [7, 11) is 3.98. The standard InChI is InChI=1S/C20H23FN3O4P/c1-3-23(2)20(28)16-18(26)17(25)15(13-5-4-8-24(13)16)19(27)22-10-11-6-7-12(21)9-14(11)29/h6-7,9,26H,3-5,8,10,29H2,1-2H3,(H,22,27). The molecule has 29 heavy (non-hydrogen) atoms. The Morgan fingerprint density at radius 1 is 1.38 bits per heavy atom. The lowest BCUT2D eigenvalue weighted by Crippen LogP contribution is -2.35. The van der Waals surface area contributed by atoms with Gasteiger partial charge in [-0.1, -0.05) is 6.07 Å². The molecule has 1 atom stereocenters. The molecule has 1 aromatic carbocycles. The summed E-state index contributed by atoms with van der Waals surface area (Å²) in [5.74, 6) is -2.19. The summed E-state index contributed by atoms with van der Waals surface area (Å²) in [6.45, 7) is 2.74. The average Bonchev–Trinajstić information content (AvgIpc) is 3.15. The van der Waals surface area contributed by atoms with E-state index in [0.717, 1.165) is 0 Å². The summed E-state index contributed by atoms with van der Waals surface area (Å²) < 4.78 is 14.8. The summed E-state index contributed by atoms with van der Waals surface area (Å²) >= 11 is 0. The third-order valence-electron chi connectivity index (χ3n) is 5.14. The van der Waals surface area contributed by atoms with Gasteiger partial charge in [0.1, 0.15) is 11.4 Å². The number of aromatic nitrogens is 1. The van der Waals surface area contributed by atoms with Crippen LogP contribution in [0.25, 0.3) is 0 Å². The van der Waals surface area contributed by atoms with Crippen LogP contribution in [0.4, 0.5) is 4.39 Å². The van der Waals surface area contributed by atoms with E-state index in [9.17, 15) is 23.9 Å². The molecule has 7 nitrogen and oxygen atoms in total. The highest BCUT2D eigenvalue weighted by Gasteiger charge is 2.31. The molecule has 2 heterocycles. The van der Waals surface area contributed by atoms with Crippen molar-refractivity contribution < 1.29 is 19.1 Å². The number of halogens is 1. The minimum absolute atomic E-state index is 0.0748. The summed E-state index contributed by atoms with van der Waals surface area (Å²) in [5, 5.41) is 13.7. The maximum Gasteiger partial charge on any atom is 0.274 e. The van der Waals surface area contributed by atoms with Crippen LogP contribution in [-0.2, 0) is 19.5 Å². The van der Waals surface area contributed by atoms with Crippen LogP contribution in [0.2, 0.25) is 0 Å². The predicted molar refractivity (Wildman–Crippen MR) is 110 cm³/mol. The topological polar surface area (TPSA) is 91.6 Å². The molecule has 1 unspecified atom stereocenters. The van der Waals surface area contributed by atoms with Gasteiger partial charge in [-0.2, -0.15) is 0 Å². The van der Waals surface area contributed by atoms with E-state index >= 15 is 0 Å². The van der Waals surface area contributed by atoms with E-state index in [1.54, 1.807) is 24.6 Å². The highest BCUT2D eigenvalue weighted by molar-refractivity contribution is 7.27. The lowest BCUT2D eigenvalue weighted by molar-refractivity contribution is 0.0785. The summed E-state index contributed by atoms with van der Waals surface area (Å²) in [5.41, 5.74) is 0.0523. The first-order valence-corrected chi connectivity index (χ1v) is 9.90. The third kappa shape index (κ3) is 3.90. The monoisotopic (exact) mass is 419 g/mol. The van der Waals surface area contributed by atoms with Crippen molar-refractivity contribution in [2.45, 2.75) is 32.9 Å². The number of nitrogens with one attached hydrogen (secondary N) is 1. The van der Waals surface area contributed by atoms with Crippen molar-refractivity contribution in [1.29, 1.82) is 0 Å². The van der Waals surface area contributed by atoms with Gasteiger partial charge in [-0.05, 0) is 42.8 Å². The molecule has 0 spiro atoms. The molecule has 0 saturated carbocycles. The Hall–Kier alpha value is -2.73. The van der Waals surface area contributed by atoms with Gasteiger partial charge in [0.15, 0.2) is 11.4 Å². The molecule has 154 valence electrons. The van der Waals surface area contributed by atoms with E-state index in [1.807, 2.05) is 0 Å². The lowest BCUT2D eigenvalue weighted by atomic mass is 10.1. The molecule has 0 saturated heterocycles. The van der Waals surface area contributed by atoms with Gasteiger partial charge in [-0.3, -0.25) is 14.4 Å². The number of aromatic hydroxyl groups is 1. The molecule has 2 amide bonds. The van der Waals surface area contributed by atoms with Crippen LogP contribution in [0.5, 0.6) is 5.75 Å². The zero-order valence-electron chi connectivity index (χ0n) is 16.3. The molecule has 2 N–H and O–H groups in total. The molecule has 1 aliphatic heterocycles. The number of nitrogens with zero attached hydrogens (tertiary/aromatic N) is 2. The van der Waals surface area contributed by atoms with Crippen LogP contribution in [-0.4, -0.2) is 40.0 Å². The maximum absolute atomic E-state index is 13.2. The van der Waals surface area contributed by atoms with E-state index in [4.69, 9.17) is 0 Å². The summed E-state index contributed by atoms with van der Waals surface area (Å²) in [6, 6.07) is 4.17. The van der Waals surface area contributed by atoms with E-state index in [2.05, 4.69) is 14.6 Å². The molecule has 0 aliphatic carbocycles. The second kappa shape index (κ2) is 8.33. The number of fused-ring (bicyclic) bond motifs is 1. The molecule has 3 rings (SSSR count). The van der Waals surface area contributed by atoms with Gasteiger partial charge in [0.05, 0.1) is 0 Å². The van der Waals surface area contributed by atoms with E-state index in [1.165, 1.54) is 17.0 Å². The van der Waals surface area contributed by atoms with Crippen molar-refractivity contribution in [2.24, 2.45) is 0 Å². The first kappa shape index (κ1) is 21.0. The van der Waals surface area contributed by atoms with Crippen LogP contribution in [0.1, 0.15) is 45.4 Å². The largest absolute Gasteiger partial charge is 0.503 e. The van der Waals surface area contributed by atoms with Crippen LogP contribution in [0, 0.1) is 5.82 Å². The molecule has 0 bridgehead atoms. The van der Waals surface area contributed by atoms with Crippen molar-refractivity contribution >= 4 is 26.4 Å². The first-order chi connectivity index (χ1) is 13.8. The number of carbonyl (C=O) groups excluding carboxylic acids is 2. The lowest BCUT2D eigenvalue weighted by Gasteiger charge is -2.20. The Bertz CT molecular complexity index is 1050. The van der Waals surface area contributed by atoms with Crippen molar-refractivity contribution in [3.05, 3.63) is 56.8 Å². The van der Waals surface area contributed by atoms with E-state index in [0.29, 0.717) is 42.5 Å². The molecule has 0 radical (unpaired) electrons. The van der Waals surface area contributed by atoms with Crippen molar-refractivity contribution in [2.75, 3.05) is 13.6 Å². The summed E-state index contributed by atoms with van der Waals surface area (Å²) in [4.78, 5) is 39.6. The second-order valence-electron chi connectivity index (χ2n) is 6.95. The van der Waals surface area contributed by atoms with Crippen LogP contribution >= 0.6 is 9.24 Å². The number of hydrogen-bond donors (Lipinski definition) is 2. The Morgan fingerprint density at radius 2 is 2.10 bits per heavy atom. The Balaban J connectivity index is 1.97. The summed E-state index contributed by atoms with van der Waals surface area (Å²) in [6.07, 6.45) is 1.12. The minimum Gasteiger partial charge on any atom is -0.503 e. The Labute approximate surface area is 169 Å². The number of hydrogen-bond acceptors (Lipinski definition) is 4. The number of benzene rings is 1. The van der Waals surface area contributed by atoms with Crippen molar-refractivity contribution in [1.82, 2.24) is 14.8 Å². The van der Waals surface area contributed by atoms with E-state index < -0.39 is 23.0 Å². The Morgan fingerprint density at radius 3 is 2.76 bits per heavy atom. The number of amides is 2. The second-order valence-corrected chi connectivity index (χ2v) is 7.57. The van der Waals surface area contributed by atoms with Gasteiger partial charge in [0, 0.05) is 32.4 Å². The first-order valence-electron chi connectivity index (χ1n) is 9.32. The number of rotatable bonds is 5. The fourth-order valence-electron chi connectivity index (χ4n) is 3.43. The predicted octanol–water partition coefficient (Wildman–Crippen LogP) is 1.16. The normalized spacial score (nSPS) is 12.6. The average molecular weight is 419 g/mol.